The van der Waals surface area contributed by atoms with Crippen molar-refractivity contribution < 1.29 is 24.0 Å². The third-order valence-corrected chi connectivity index (χ3v) is 8.12. The second kappa shape index (κ2) is 8.95. The van der Waals surface area contributed by atoms with Crippen molar-refractivity contribution in [3.63, 3.8) is 0 Å². The molecule has 0 radical (unpaired) electrons. The molecule has 0 saturated carbocycles. The highest BCUT2D eigenvalue weighted by Crippen LogP contribution is 2.50. The Kier molecular flexibility index (Phi) is 6.09. The largest absolute Gasteiger partial charge is 0.465 e. The molecular formula is C25H20Cl2N2O5S. The number of thiophene rings is 1. The van der Waals surface area contributed by atoms with E-state index >= 15 is 0 Å². The summed E-state index contributed by atoms with van der Waals surface area (Å²) in [5.74, 6) is -2.51. The van der Waals surface area contributed by atoms with Gasteiger partial charge in [0.25, 0.3) is 5.91 Å². The fourth-order valence-corrected chi connectivity index (χ4v) is 6.25. The summed E-state index contributed by atoms with van der Waals surface area (Å²) in [5.41, 5.74) is 2.14. The minimum absolute atomic E-state index is 0.206. The highest BCUT2D eigenvalue weighted by molar-refractivity contribution is 7.17. The van der Waals surface area contributed by atoms with E-state index in [9.17, 15) is 14.4 Å². The third-order valence-electron chi connectivity index (χ3n) is 6.37. The van der Waals surface area contributed by atoms with Crippen LogP contribution in [0.4, 0.5) is 10.7 Å². The lowest BCUT2D eigenvalue weighted by Gasteiger charge is -2.29. The predicted molar refractivity (Wildman–Crippen MR) is 134 cm³/mol. The number of ether oxygens (including phenoxy) is 1. The molecule has 2 aliphatic heterocycles. The Hall–Kier alpha value is -2.91. The highest BCUT2D eigenvalue weighted by Gasteiger charge is 2.61. The number of methoxy groups -OCH3 is 1. The Balaban J connectivity index is 1.63. The summed E-state index contributed by atoms with van der Waals surface area (Å²) < 4.78 is 4.94. The van der Waals surface area contributed by atoms with Gasteiger partial charge in [-0.1, -0.05) is 47.5 Å². The first kappa shape index (κ1) is 23.8. The summed E-state index contributed by atoms with van der Waals surface area (Å²) in [6.07, 6.45) is -1.09. The molecule has 0 unspecified atom stereocenters. The van der Waals surface area contributed by atoms with Crippen LogP contribution in [0.15, 0.2) is 48.5 Å². The van der Waals surface area contributed by atoms with Gasteiger partial charge in [0, 0.05) is 14.9 Å². The number of anilines is 2. The number of hydrogen-bond donors (Lipinski definition) is 0. The van der Waals surface area contributed by atoms with Gasteiger partial charge in [0.15, 0.2) is 6.10 Å². The quantitative estimate of drug-likeness (QED) is 0.327. The normalized spacial score (nSPS) is 21.6. The summed E-state index contributed by atoms with van der Waals surface area (Å²) in [5, 5.41) is 2.60. The van der Waals surface area contributed by atoms with Crippen molar-refractivity contribution in [1.29, 1.82) is 0 Å². The van der Waals surface area contributed by atoms with E-state index in [0.29, 0.717) is 26.9 Å². The van der Waals surface area contributed by atoms with Gasteiger partial charge in [-0.15, -0.1) is 11.3 Å². The number of carbonyl (C=O) groups excluding carboxylic acids is 3. The van der Waals surface area contributed by atoms with E-state index < -0.39 is 35.8 Å². The minimum atomic E-state index is -1.09. The van der Waals surface area contributed by atoms with Crippen LogP contribution in [-0.4, -0.2) is 31.0 Å². The number of aryl methyl sites for hydroxylation is 1. The van der Waals surface area contributed by atoms with Crippen molar-refractivity contribution >= 4 is 63.0 Å². The SMILES string of the molecule is COC(=O)c1c(N2C(=O)[C@@H]3[C@H](ON(c4ccccc4)[C@@H]3c3ccc(Cl)cc3Cl)C2=O)sc(C)c1C. The molecule has 3 aromatic rings. The molecule has 0 aliphatic carbocycles. The highest BCUT2D eigenvalue weighted by atomic mass is 35.5. The maximum atomic E-state index is 13.9. The van der Waals surface area contributed by atoms with Crippen LogP contribution >= 0.6 is 34.5 Å². The zero-order valence-electron chi connectivity index (χ0n) is 19.0. The Bertz CT molecular complexity index is 1360. The second-order valence-corrected chi connectivity index (χ2v) is 10.3. The van der Waals surface area contributed by atoms with E-state index in [2.05, 4.69) is 0 Å². The van der Waals surface area contributed by atoms with E-state index in [1.54, 1.807) is 30.2 Å². The molecule has 180 valence electrons. The molecule has 10 heteroatoms. The lowest BCUT2D eigenvalue weighted by molar-refractivity contribution is -0.126. The molecule has 2 amide bonds. The number of para-hydroxylation sites is 1. The molecule has 2 aromatic carbocycles. The van der Waals surface area contributed by atoms with Gasteiger partial charge < -0.3 is 4.74 Å². The van der Waals surface area contributed by atoms with E-state index in [1.165, 1.54) is 18.4 Å². The van der Waals surface area contributed by atoms with E-state index in [-0.39, 0.29) is 10.6 Å². The smallest absolute Gasteiger partial charge is 0.341 e. The van der Waals surface area contributed by atoms with Crippen molar-refractivity contribution in [2.75, 3.05) is 17.1 Å². The Morgan fingerprint density at radius 1 is 1.06 bits per heavy atom. The Morgan fingerprint density at radius 3 is 2.43 bits per heavy atom. The van der Waals surface area contributed by atoms with Crippen LogP contribution in [-0.2, 0) is 19.2 Å². The molecule has 5 rings (SSSR count). The van der Waals surface area contributed by atoms with Crippen molar-refractivity contribution in [1.82, 2.24) is 0 Å². The summed E-state index contributed by atoms with van der Waals surface area (Å²) in [7, 11) is 1.26. The number of fused-ring (bicyclic) bond motifs is 1. The number of imide groups is 1. The van der Waals surface area contributed by atoms with Gasteiger partial charge in [0.05, 0.1) is 24.4 Å². The number of halogens is 2. The Morgan fingerprint density at radius 2 is 1.77 bits per heavy atom. The molecule has 2 aliphatic rings. The number of hydrogen-bond acceptors (Lipinski definition) is 7. The molecule has 0 N–H and O–H groups in total. The molecule has 7 nitrogen and oxygen atoms in total. The van der Waals surface area contributed by atoms with Gasteiger partial charge in [-0.25, -0.2) is 14.8 Å². The molecule has 0 bridgehead atoms. The lowest BCUT2D eigenvalue weighted by atomic mass is 9.90. The maximum absolute atomic E-state index is 13.9. The first-order valence-electron chi connectivity index (χ1n) is 10.8. The molecule has 3 atom stereocenters. The van der Waals surface area contributed by atoms with Gasteiger partial charge in [-0.3, -0.25) is 14.4 Å². The van der Waals surface area contributed by atoms with Gasteiger partial charge in [0.2, 0.25) is 5.91 Å². The van der Waals surface area contributed by atoms with Gasteiger partial charge in [-0.05, 0) is 49.2 Å². The van der Waals surface area contributed by atoms with Crippen LogP contribution in [0.2, 0.25) is 10.0 Å². The maximum Gasteiger partial charge on any atom is 0.341 e. The second-order valence-electron chi connectivity index (χ2n) is 8.29. The van der Waals surface area contributed by atoms with Crippen LogP contribution in [0.5, 0.6) is 0 Å². The first-order valence-corrected chi connectivity index (χ1v) is 12.3. The molecule has 35 heavy (non-hydrogen) atoms. The third kappa shape index (κ3) is 3.72. The van der Waals surface area contributed by atoms with Crippen molar-refractivity contribution in [2.45, 2.75) is 26.0 Å². The lowest BCUT2D eigenvalue weighted by Crippen LogP contribution is -2.37. The van der Waals surface area contributed by atoms with E-state index in [0.717, 1.165) is 9.78 Å². The fraction of sp³-hybridized carbons (Fsp3) is 0.240. The first-order chi connectivity index (χ1) is 16.7. The molecule has 2 fully saturated rings. The van der Waals surface area contributed by atoms with E-state index in [4.69, 9.17) is 32.8 Å². The van der Waals surface area contributed by atoms with Crippen LogP contribution in [0.3, 0.4) is 0 Å². The van der Waals surface area contributed by atoms with Crippen molar-refractivity contribution in [3.8, 4) is 0 Å². The van der Waals surface area contributed by atoms with Gasteiger partial charge in [0.1, 0.15) is 10.9 Å². The molecule has 1 aromatic heterocycles. The zero-order valence-corrected chi connectivity index (χ0v) is 21.3. The van der Waals surface area contributed by atoms with Crippen LogP contribution < -0.4 is 9.96 Å². The summed E-state index contributed by atoms with van der Waals surface area (Å²) in [6.45, 7) is 3.59. The van der Waals surface area contributed by atoms with Gasteiger partial charge >= 0.3 is 5.97 Å². The van der Waals surface area contributed by atoms with Crippen molar-refractivity contribution in [3.05, 3.63) is 80.1 Å². The zero-order chi connectivity index (χ0) is 25.0. The van der Waals surface area contributed by atoms with Gasteiger partial charge in [-0.2, -0.15) is 0 Å². The summed E-state index contributed by atoms with van der Waals surface area (Å²) >= 11 is 13.9. The van der Waals surface area contributed by atoms with Crippen LogP contribution in [0.25, 0.3) is 0 Å². The number of amides is 2. The average Bonchev–Trinajstić information content (AvgIpc) is 3.44. The summed E-state index contributed by atoms with van der Waals surface area (Å²) in [6, 6.07) is 13.5. The topological polar surface area (TPSA) is 76.2 Å². The minimum Gasteiger partial charge on any atom is -0.465 e. The van der Waals surface area contributed by atoms with Crippen LogP contribution in [0.1, 0.15) is 32.4 Å². The number of nitrogens with zero attached hydrogens (tertiary/aromatic N) is 2. The number of esters is 1. The molecule has 2 saturated heterocycles. The fourth-order valence-electron chi connectivity index (χ4n) is 4.58. The molecule has 0 spiro atoms. The number of carbonyl (C=O) groups is 3. The standard InChI is InChI=1S/C25H20Cl2N2O5S/c1-12-13(2)35-24(18(12)25(32)33-3)28-22(30)19-20(16-10-9-14(26)11-17(16)27)29(34-21(19)23(28)31)15-7-5-4-6-8-15/h4-11,19-21H,1-3H3/t19-,20+,21-/m0/s1. The molecule has 3 heterocycles. The number of rotatable bonds is 4. The summed E-state index contributed by atoms with van der Waals surface area (Å²) in [4.78, 5) is 48.1. The van der Waals surface area contributed by atoms with E-state index in [1.807, 2.05) is 37.3 Å². The number of hydroxylamine groups is 1. The predicted octanol–water partition coefficient (Wildman–Crippen LogP) is 5.51. The number of benzene rings is 2. The van der Waals surface area contributed by atoms with Crippen LogP contribution in [0, 0.1) is 19.8 Å². The van der Waals surface area contributed by atoms with Crippen molar-refractivity contribution in [2.24, 2.45) is 5.92 Å². The molecular weight excluding hydrogens is 511 g/mol. The Labute approximate surface area is 215 Å². The monoisotopic (exact) mass is 530 g/mol. The average molecular weight is 531 g/mol.